The molecule has 0 aliphatic carbocycles. The van der Waals surface area contributed by atoms with Gasteiger partial charge in [0.05, 0.1) is 24.8 Å². The van der Waals surface area contributed by atoms with Crippen molar-refractivity contribution in [1.82, 2.24) is 10.2 Å². The fourth-order valence-corrected chi connectivity index (χ4v) is 3.65. The lowest BCUT2D eigenvalue weighted by atomic mass is 10.0. The summed E-state index contributed by atoms with van der Waals surface area (Å²) in [7, 11) is 0. The second kappa shape index (κ2) is 8.04. The van der Waals surface area contributed by atoms with Crippen LogP contribution in [0.5, 0.6) is 5.75 Å². The number of aromatic hydroxyl groups is 1. The molecule has 1 aliphatic rings. The molecule has 1 atom stereocenters. The Morgan fingerprint density at radius 1 is 1.14 bits per heavy atom. The third-order valence-electron chi connectivity index (χ3n) is 5.18. The van der Waals surface area contributed by atoms with Crippen molar-refractivity contribution in [2.75, 3.05) is 32.8 Å². The van der Waals surface area contributed by atoms with Gasteiger partial charge in [-0.25, -0.2) is 0 Å². The molecule has 2 N–H and O–H groups in total. The molecule has 6 heteroatoms. The molecule has 1 saturated heterocycles. The minimum absolute atomic E-state index is 0.00682. The van der Waals surface area contributed by atoms with Gasteiger partial charge in [0, 0.05) is 25.0 Å². The molecule has 4 rings (SSSR count). The maximum absolute atomic E-state index is 12.8. The Labute approximate surface area is 163 Å². The molecule has 3 aromatic rings. The van der Waals surface area contributed by atoms with E-state index < -0.39 is 0 Å². The minimum Gasteiger partial charge on any atom is -0.506 e. The molecule has 6 nitrogen and oxygen atoms in total. The van der Waals surface area contributed by atoms with Crippen molar-refractivity contribution in [3.8, 4) is 5.75 Å². The Balaban J connectivity index is 1.53. The molecule has 0 bridgehead atoms. The van der Waals surface area contributed by atoms with Gasteiger partial charge in [0.15, 0.2) is 0 Å². The number of ether oxygens (including phenoxy) is 1. The van der Waals surface area contributed by atoms with Crippen LogP contribution in [-0.4, -0.2) is 48.8 Å². The van der Waals surface area contributed by atoms with Crippen LogP contribution in [0.4, 0.5) is 0 Å². The van der Waals surface area contributed by atoms with E-state index in [0.29, 0.717) is 25.1 Å². The number of nitrogens with one attached hydrogen (secondary N) is 1. The number of phenolic OH excluding ortho intramolecular Hbond substituents is 1. The second-order valence-electron chi connectivity index (χ2n) is 7.01. The van der Waals surface area contributed by atoms with Crippen LogP contribution in [0.15, 0.2) is 52.9 Å². The lowest BCUT2D eigenvalue weighted by molar-refractivity contribution is 0.0117. The van der Waals surface area contributed by atoms with E-state index in [1.807, 2.05) is 49.4 Å². The lowest BCUT2D eigenvalue weighted by Crippen LogP contribution is -2.43. The number of nitrogens with zero attached hydrogens (tertiary/aromatic N) is 1. The van der Waals surface area contributed by atoms with E-state index in [0.717, 1.165) is 30.0 Å². The van der Waals surface area contributed by atoms with E-state index in [1.165, 1.54) is 0 Å². The molecule has 0 saturated carbocycles. The van der Waals surface area contributed by atoms with Crippen LogP contribution in [0.2, 0.25) is 0 Å². The second-order valence-corrected chi connectivity index (χ2v) is 7.01. The number of fused-ring (bicyclic) bond motifs is 1. The highest BCUT2D eigenvalue weighted by Crippen LogP contribution is 2.29. The summed E-state index contributed by atoms with van der Waals surface area (Å²) in [4.78, 5) is 15.0. The number of carbonyl (C=O) groups excluding carboxylic acids is 1. The lowest BCUT2D eigenvalue weighted by Gasteiger charge is -2.33. The Morgan fingerprint density at radius 2 is 1.93 bits per heavy atom. The Hall–Kier alpha value is -2.83. The molecule has 0 radical (unpaired) electrons. The van der Waals surface area contributed by atoms with Crippen molar-refractivity contribution in [2.24, 2.45) is 0 Å². The van der Waals surface area contributed by atoms with Crippen LogP contribution in [0, 0.1) is 6.92 Å². The third-order valence-corrected chi connectivity index (χ3v) is 5.18. The number of amides is 1. The zero-order valence-electron chi connectivity index (χ0n) is 15.9. The number of hydrogen-bond acceptors (Lipinski definition) is 5. The molecule has 1 amide bonds. The van der Waals surface area contributed by atoms with E-state index in [4.69, 9.17) is 9.15 Å². The van der Waals surface area contributed by atoms with Crippen molar-refractivity contribution >= 4 is 16.7 Å². The fraction of sp³-hybridized carbons (Fsp3) is 0.318. The minimum atomic E-state index is -0.301. The van der Waals surface area contributed by atoms with Crippen molar-refractivity contribution < 1.29 is 19.1 Å². The molecule has 28 heavy (non-hydrogen) atoms. The Morgan fingerprint density at radius 3 is 2.68 bits per heavy atom. The molecule has 1 aromatic heterocycles. The molecule has 0 spiro atoms. The van der Waals surface area contributed by atoms with Crippen molar-refractivity contribution in [2.45, 2.75) is 13.0 Å². The molecule has 1 fully saturated rings. The molecule has 2 heterocycles. The van der Waals surface area contributed by atoms with Gasteiger partial charge in [-0.05, 0) is 30.5 Å². The van der Waals surface area contributed by atoms with E-state index in [1.54, 1.807) is 6.07 Å². The summed E-state index contributed by atoms with van der Waals surface area (Å²) in [5, 5.41) is 15.1. The summed E-state index contributed by atoms with van der Waals surface area (Å²) in [6.07, 6.45) is 0. The van der Waals surface area contributed by atoms with Crippen LogP contribution in [0.3, 0.4) is 0 Å². The molecular weight excluding hydrogens is 356 g/mol. The van der Waals surface area contributed by atoms with E-state index in [-0.39, 0.29) is 23.3 Å². The highest BCUT2D eigenvalue weighted by molar-refractivity contribution is 6.03. The van der Waals surface area contributed by atoms with Crippen LogP contribution >= 0.6 is 0 Å². The number of rotatable bonds is 5. The number of furan rings is 1. The van der Waals surface area contributed by atoms with Crippen LogP contribution in [0.25, 0.3) is 10.8 Å². The molecule has 1 unspecified atom stereocenters. The van der Waals surface area contributed by atoms with Crippen LogP contribution < -0.4 is 5.32 Å². The quantitative estimate of drug-likeness (QED) is 0.711. The average molecular weight is 380 g/mol. The highest BCUT2D eigenvalue weighted by atomic mass is 16.5. The van der Waals surface area contributed by atoms with Gasteiger partial charge in [-0.2, -0.15) is 0 Å². The number of phenols is 1. The Kier molecular flexibility index (Phi) is 5.32. The maximum Gasteiger partial charge on any atom is 0.255 e. The van der Waals surface area contributed by atoms with E-state index >= 15 is 0 Å². The van der Waals surface area contributed by atoms with Crippen LogP contribution in [0.1, 0.15) is 27.9 Å². The van der Waals surface area contributed by atoms with Gasteiger partial charge in [0.2, 0.25) is 0 Å². The van der Waals surface area contributed by atoms with Crippen molar-refractivity contribution in [3.63, 3.8) is 0 Å². The normalized spacial score (nSPS) is 16.2. The smallest absolute Gasteiger partial charge is 0.255 e. The first-order valence-corrected chi connectivity index (χ1v) is 9.50. The van der Waals surface area contributed by atoms with E-state index in [9.17, 15) is 9.90 Å². The maximum atomic E-state index is 12.8. The monoisotopic (exact) mass is 380 g/mol. The number of aryl methyl sites for hydroxylation is 1. The third kappa shape index (κ3) is 3.74. The van der Waals surface area contributed by atoms with Gasteiger partial charge in [-0.1, -0.05) is 30.3 Å². The first kappa shape index (κ1) is 18.5. The van der Waals surface area contributed by atoms with Gasteiger partial charge in [0.1, 0.15) is 17.3 Å². The topological polar surface area (TPSA) is 74.9 Å². The predicted molar refractivity (Wildman–Crippen MR) is 107 cm³/mol. The van der Waals surface area contributed by atoms with Gasteiger partial charge >= 0.3 is 0 Å². The summed E-state index contributed by atoms with van der Waals surface area (Å²) < 4.78 is 11.3. The SMILES string of the molecule is Cc1ccc(C(CNC(=O)c2ccc3ccccc3c2O)N2CCOCC2)o1. The molecule has 2 aromatic carbocycles. The van der Waals surface area contributed by atoms with Crippen molar-refractivity contribution in [1.29, 1.82) is 0 Å². The average Bonchev–Trinajstić information content (AvgIpc) is 3.15. The number of morpholine rings is 1. The van der Waals surface area contributed by atoms with Gasteiger partial charge in [-0.15, -0.1) is 0 Å². The van der Waals surface area contributed by atoms with Gasteiger partial charge in [-0.3, -0.25) is 9.69 Å². The zero-order valence-corrected chi connectivity index (χ0v) is 15.9. The summed E-state index contributed by atoms with van der Waals surface area (Å²) in [5.74, 6) is 1.37. The molecule has 1 aliphatic heterocycles. The number of benzene rings is 2. The number of carbonyl (C=O) groups is 1. The number of hydrogen-bond donors (Lipinski definition) is 2. The molecule has 146 valence electrons. The van der Waals surface area contributed by atoms with Gasteiger partial charge in [0.25, 0.3) is 5.91 Å². The van der Waals surface area contributed by atoms with Crippen LogP contribution in [-0.2, 0) is 4.74 Å². The fourth-order valence-electron chi connectivity index (χ4n) is 3.65. The zero-order chi connectivity index (χ0) is 19.5. The highest BCUT2D eigenvalue weighted by Gasteiger charge is 2.26. The summed E-state index contributed by atoms with van der Waals surface area (Å²) in [6, 6.07) is 14.8. The predicted octanol–water partition coefficient (Wildman–Crippen LogP) is 3.25. The van der Waals surface area contributed by atoms with E-state index in [2.05, 4.69) is 10.2 Å². The molecular formula is C22H24N2O4. The largest absolute Gasteiger partial charge is 0.506 e. The van der Waals surface area contributed by atoms with Crippen molar-refractivity contribution in [3.05, 3.63) is 65.6 Å². The van der Waals surface area contributed by atoms with Gasteiger partial charge < -0.3 is 19.6 Å². The Bertz CT molecular complexity index is 976. The summed E-state index contributed by atoms with van der Waals surface area (Å²) >= 11 is 0. The standard InChI is InChI=1S/C22H24N2O4/c1-15-6-9-20(28-15)19(24-10-12-27-13-11-24)14-23-22(26)18-8-7-16-4-2-3-5-17(16)21(18)25/h2-9,19,25H,10-14H2,1H3,(H,23,26). The first-order chi connectivity index (χ1) is 13.6. The first-order valence-electron chi connectivity index (χ1n) is 9.50. The summed E-state index contributed by atoms with van der Waals surface area (Å²) in [5.41, 5.74) is 0.273. The summed E-state index contributed by atoms with van der Waals surface area (Å²) in [6.45, 7) is 5.18.